The Bertz CT molecular complexity index is 971. The third-order valence-corrected chi connectivity index (χ3v) is 4.06. The lowest BCUT2D eigenvalue weighted by atomic mass is 9.90. The number of nitrogens with zero attached hydrogens (tertiary/aromatic N) is 2. The number of hydrogen-bond donors (Lipinski definition) is 0. The minimum atomic E-state index is 0.0613. The summed E-state index contributed by atoms with van der Waals surface area (Å²) in [5, 5.41) is 2.46. The van der Waals surface area contributed by atoms with Crippen molar-refractivity contribution in [3.05, 3.63) is 60.3 Å². The molecule has 0 saturated heterocycles. The van der Waals surface area contributed by atoms with E-state index in [1.807, 2.05) is 6.07 Å². The van der Waals surface area contributed by atoms with Gasteiger partial charge < -0.3 is 0 Å². The summed E-state index contributed by atoms with van der Waals surface area (Å²) < 4.78 is 2.32. The summed E-state index contributed by atoms with van der Waals surface area (Å²) in [6.07, 6.45) is 0. The van der Waals surface area contributed by atoms with Gasteiger partial charge in [-0.15, -0.1) is 0 Å². The standard InChI is InChI=1S/C19H18N2/c1-19(2,3)17-12-13-8-4-5-9-14(13)18-20-15-10-6-7-11-16(15)21(17)18/h4-12H,1-3H3. The Kier molecular flexibility index (Phi) is 2.41. The highest BCUT2D eigenvalue weighted by atomic mass is 15.0. The quantitative estimate of drug-likeness (QED) is 0.444. The van der Waals surface area contributed by atoms with Crippen molar-refractivity contribution in [2.75, 3.05) is 0 Å². The van der Waals surface area contributed by atoms with Crippen LogP contribution in [-0.4, -0.2) is 9.38 Å². The first kappa shape index (κ1) is 12.4. The minimum Gasteiger partial charge on any atom is -0.296 e. The second-order valence-electron chi connectivity index (χ2n) is 6.63. The van der Waals surface area contributed by atoms with Gasteiger partial charge in [0.2, 0.25) is 0 Å². The number of aromatic nitrogens is 2. The van der Waals surface area contributed by atoms with Crippen molar-refractivity contribution in [3.63, 3.8) is 0 Å². The molecule has 0 aliphatic heterocycles. The molecule has 0 saturated carbocycles. The Morgan fingerprint density at radius 3 is 2.43 bits per heavy atom. The predicted octanol–water partition coefficient (Wildman–Crippen LogP) is 4.94. The van der Waals surface area contributed by atoms with Crippen LogP contribution in [0.15, 0.2) is 54.6 Å². The van der Waals surface area contributed by atoms with E-state index in [2.05, 4.69) is 73.7 Å². The molecule has 0 fully saturated rings. The number of hydrogen-bond acceptors (Lipinski definition) is 1. The zero-order valence-electron chi connectivity index (χ0n) is 12.6. The molecular formula is C19H18N2. The molecule has 104 valence electrons. The van der Waals surface area contributed by atoms with Gasteiger partial charge in [0.05, 0.1) is 11.0 Å². The number of fused-ring (bicyclic) bond motifs is 5. The molecule has 0 aliphatic carbocycles. The first-order valence-corrected chi connectivity index (χ1v) is 7.35. The summed E-state index contributed by atoms with van der Waals surface area (Å²) in [6.45, 7) is 6.77. The molecule has 0 atom stereocenters. The van der Waals surface area contributed by atoms with Crippen LogP contribution in [-0.2, 0) is 5.41 Å². The van der Waals surface area contributed by atoms with Crippen LogP contribution in [0.1, 0.15) is 26.5 Å². The zero-order chi connectivity index (χ0) is 14.6. The lowest BCUT2D eigenvalue weighted by Crippen LogP contribution is -2.16. The summed E-state index contributed by atoms with van der Waals surface area (Å²) >= 11 is 0. The Morgan fingerprint density at radius 2 is 1.62 bits per heavy atom. The van der Waals surface area contributed by atoms with Crippen LogP contribution in [0.25, 0.3) is 27.5 Å². The molecule has 0 spiro atoms. The van der Waals surface area contributed by atoms with E-state index < -0.39 is 0 Å². The Hall–Kier alpha value is -2.35. The van der Waals surface area contributed by atoms with Gasteiger partial charge in [-0.1, -0.05) is 57.2 Å². The van der Waals surface area contributed by atoms with Gasteiger partial charge in [0.1, 0.15) is 5.65 Å². The van der Waals surface area contributed by atoms with E-state index in [9.17, 15) is 0 Å². The summed E-state index contributed by atoms with van der Waals surface area (Å²) in [6, 6.07) is 19.2. The predicted molar refractivity (Wildman–Crippen MR) is 88.9 cm³/mol. The number of rotatable bonds is 0. The average molecular weight is 274 g/mol. The average Bonchev–Trinajstić information content (AvgIpc) is 2.85. The van der Waals surface area contributed by atoms with Crippen LogP contribution in [0.5, 0.6) is 0 Å². The third kappa shape index (κ3) is 1.75. The van der Waals surface area contributed by atoms with Gasteiger partial charge in [0, 0.05) is 16.5 Å². The van der Waals surface area contributed by atoms with Crippen LogP contribution in [0.2, 0.25) is 0 Å². The van der Waals surface area contributed by atoms with Gasteiger partial charge in [-0.05, 0) is 23.6 Å². The molecule has 0 unspecified atom stereocenters. The SMILES string of the molecule is CC(C)(C)c1cc2ccccc2c2nc3ccccc3n12. The van der Waals surface area contributed by atoms with E-state index in [4.69, 9.17) is 4.98 Å². The first-order chi connectivity index (χ1) is 10.1. The fourth-order valence-electron chi connectivity index (χ4n) is 3.04. The highest BCUT2D eigenvalue weighted by molar-refractivity contribution is 5.98. The van der Waals surface area contributed by atoms with Gasteiger partial charge in [-0.2, -0.15) is 0 Å². The smallest absolute Gasteiger partial charge is 0.146 e. The van der Waals surface area contributed by atoms with E-state index in [0.717, 1.165) is 11.2 Å². The van der Waals surface area contributed by atoms with Crippen molar-refractivity contribution < 1.29 is 0 Å². The number of benzene rings is 2. The van der Waals surface area contributed by atoms with Crippen molar-refractivity contribution >= 4 is 27.5 Å². The number of para-hydroxylation sites is 2. The second kappa shape index (κ2) is 4.08. The molecular weight excluding hydrogens is 256 g/mol. The van der Waals surface area contributed by atoms with Crippen LogP contribution < -0.4 is 0 Å². The molecule has 0 bridgehead atoms. The van der Waals surface area contributed by atoms with E-state index >= 15 is 0 Å². The van der Waals surface area contributed by atoms with E-state index in [0.29, 0.717) is 0 Å². The zero-order valence-corrected chi connectivity index (χ0v) is 12.6. The molecule has 2 heteroatoms. The third-order valence-electron chi connectivity index (χ3n) is 4.06. The largest absolute Gasteiger partial charge is 0.296 e. The van der Waals surface area contributed by atoms with Gasteiger partial charge in [-0.25, -0.2) is 4.98 Å². The molecule has 0 aliphatic rings. The summed E-state index contributed by atoms with van der Waals surface area (Å²) in [4.78, 5) is 4.88. The van der Waals surface area contributed by atoms with Crippen LogP contribution in [0.4, 0.5) is 0 Å². The summed E-state index contributed by atoms with van der Waals surface area (Å²) in [7, 11) is 0. The maximum Gasteiger partial charge on any atom is 0.146 e. The lowest BCUT2D eigenvalue weighted by Gasteiger charge is -2.22. The van der Waals surface area contributed by atoms with Crippen molar-refractivity contribution in [3.8, 4) is 0 Å². The fourth-order valence-corrected chi connectivity index (χ4v) is 3.04. The van der Waals surface area contributed by atoms with Crippen molar-refractivity contribution in [1.82, 2.24) is 9.38 Å². The normalized spacial score (nSPS) is 12.5. The number of pyridine rings is 1. The van der Waals surface area contributed by atoms with Crippen LogP contribution in [0.3, 0.4) is 0 Å². The van der Waals surface area contributed by atoms with E-state index in [-0.39, 0.29) is 5.41 Å². The molecule has 0 amide bonds. The summed E-state index contributed by atoms with van der Waals surface area (Å²) in [5.74, 6) is 0. The molecule has 2 aromatic heterocycles. The molecule has 2 aromatic carbocycles. The first-order valence-electron chi connectivity index (χ1n) is 7.35. The van der Waals surface area contributed by atoms with Crippen molar-refractivity contribution in [2.24, 2.45) is 0 Å². The summed E-state index contributed by atoms with van der Waals surface area (Å²) in [5.41, 5.74) is 4.65. The highest BCUT2D eigenvalue weighted by Gasteiger charge is 2.21. The van der Waals surface area contributed by atoms with Crippen LogP contribution in [0, 0.1) is 0 Å². The Labute approximate surface area is 124 Å². The van der Waals surface area contributed by atoms with Crippen LogP contribution >= 0.6 is 0 Å². The van der Waals surface area contributed by atoms with Crippen molar-refractivity contribution in [1.29, 1.82) is 0 Å². The monoisotopic (exact) mass is 274 g/mol. The maximum absolute atomic E-state index is 4.88. The topological polar surface area (TPSA) is 17.3 Å². The Morgan fingerprint density at radius 1 is 0.905 bits per heavy atom. The molecule has 4 aromatic rings. The minimum absolute atomic E-state index is 0.0613. The second-order valence-corrected chi connectivity index (χ2v) is 6.63. The van der Waals surface area contributed by atoms with Gasteiger partial charge >= 0.3 is 0 Å². The maximum atomic E-state index is 4.88. The Balaban J connectivity index is 2.34. The van der Waals surface area contributed by atoms with Gasteiger partial charge in [0.15, 0.2) is 0 Å². The van der Waals surface area contributed by atoms with Crippen molar-refractivity contribution in [2.45, 2.75) is 26.2 Å². The van der Waals surface area contributed by atoms with Gasteiger partial charge in [-0.3, -0.25) is 4.40 Å². The number of imidazole rings is 1. The molecule has 2 heterocycles. The lowest BCUT2D eigenvalue weighted by molar-refractivity contribution is 0.564. The molecule has 4 rings (SSSR count). The molecule has 0 radical (unpaired) electrons. The fraction of sp³-hybridized carbons (Fsp3) is 0.211. The van der Waals surface area contributed by atoms with Gasteiger partial charge in [0.25, 0.3) is 0 Å². The van der Waals surface area contributed by atoms with E-state index in [1.165, 1.54) is 22.0 Å². The molecule has 2 nitrogen and oxygen atoms in total. The van der Waals surface area contributed by atoms with E-state index in [1.54, 1.807) is 0 Å². The molecule has 0 N–H and O–H groups in total. The highest BCUT2D eigenvalue weighted by Crippen LogP contribution is 2.32. The molecule has 21 heavy (non-hydrogen) atoms.